The first-order valence-electron chi connectivity index (χ1n) is 10.6. The Morgan fingerprint density at radius 3 is 2.93 bits per heavy atom. The van der Waals surface area contributed by atoms with E-state index in [2.05, 4.69) is 42.5 Å². The van der Waals surface area contributed by atoms with Gasteiger partial charge in [0.1, 0.15) is 11.5 Å². The molecule has 1 aliphatic heterocycles. The number of aromatic nitrogens is 5. The number of fused-ring (bicyclic) bond motifs is 1. The van der Waals surface area contributed by atoms with E-state index >= 15 is 0 Å². The molecule has 1 atom stereocenters. The lowest BCUT2D eigenvalue weighted by atomic mass is 9.97. The van der Waals surface area contributed by atoms with Crippen LogP contribution in [0.1, 0.15) is 58.3 Å². The molecule has 1 amide bonds. The molecule has 1 saturated heterocycles. The molecule has 1 spiro atoms. The van der Waals surface area contributed by atoms with E-state index in [9.17, 15) is 4.79 Å². The van der Waals surface area contributed by atoms with E-state index < -0.39 is 0 Å². The van der Waals surface area contributed by atoms with Crippen molar-refractivity contribution in [3.05, 3.63) is 59.1 Å². The quantitative estimate of drug-likeness (QED) is 0.682. The number of nitrogens with zero attached hydrogens (tertiary/aromatic N) is 5. The lowest BCUT2D eigenvalue weighted by Crippen LogP contribution is -2.48. The second kappa shape index (κ2) is 6.42. The fraction of sp³-hybridized carbons (Fsp3) is 0.455. The van der Waals surface area contributed by atoms with E-state index in [0.29, 0.717) is 17.7 Å². The largest absolute Gasteiger partial charge is 0.355 e. The molecule has 4 heterocycles. The average Bonchev–Trinajstić information content (AvgIpc) is 3.03. The molecule has 3 aromatic rings. The normalized spacial score (nSPS) is 20.8. The number of amides is 1. The van der Waals surface area contributed by atoms with Crippen molar-refractivity contribution in [3.8, 4) is 0 Å². The monoisotopic (exact) mass is 403 g/mol. The highest BCUT2D eigenvalue weighted by molar-refractivity contribution is 5.92. The first kappa shape index (κ1) is 17.7. The Morgan fingerprint density at radius 2 is 2.17 bits per heavy atom. The summed E-state index contributed by atoms with van der Waals surface area (Å²) in [5.41, 5.74) is 5.43. The number of pyridine rings is 1. The maximum Gasteiger partial charge on any atom is 0.272 e. The molecule has 6 rings (SSSR count). The van der Waals surface area contributed by atoms with Crippen LogP contribution in [0.25, 0.3) is 0 Å². The summed E-state index contributed by atoms with van der Waals surface area (Å²) in [7, 11) is 0. The first-order valence-corrected chi connectivity index (χ1v) is 10.6. The van der Waals surface area contributed by atoms with Gasteiger partial charge in [-0.05, 0) is 49.8 Å². The molecule has 8 nitrogen and oxygen atoms in total. The standard InChI is InChI=1S/C22H25N7O/c1-14-16-3-4-17(20(16)27-26-14)25-21(30)18-10-28(13-24-18)9-15-2-5-19(23-8-15)29-11-22(12-29)6-7-22/h2,5,8,10,13,17H,3-4,6-7,9,11-12H2,1H3,(H,25,30)(H,26,27). The molecular weight excluding hydrogens is 378 g/mol. The van der Waals surface area contributed by atoms with Crippen LogP contribution in [0.5, 0.6) is 0 Å². The van der Waals surface area contributed by atoms with Crippen LogP contribution < -0.4 is 10.2 Å². The Labute approximate surface area is 174 Å². The Morgan fingerprint density at radius 1 is 1.30 bits per heavy atom. The van der Waals surface area contributed by atoms with Crippen LogP contribution >= 0.6 is 0 Å². The van der Waals surface area contributed by atoms with Gasteiger partial charge in [0.15, 0.2) is 0 Å². The van der Waals surface area contributed by atoms with Crippen LogP contribution in [0, 0.1) is 12.3 Å². The van der Waals surface area contributed by atoms with Crippen molar-refractivity contribution < 1.29 is 4.79 Å². The molecule has 0 radical (unpaired) electrons. The van der Waals surface area contributed by atoms with Gasteiger partial charge in [-0.2, -0.15) is 5.10 Å². The second-order valence-electron chi connectivity index (χ2n) is 9.09. The molecule has 2 N–H and O–H groups in total. The molecule has 1 unspecified atom stereocenters. The molecule has 154 valence electrons. The third-order valence-electron chi connectivity index (χ3n) is 6.80. The third-order valence-corrected chi connectivity index (χ3v) is 6.80. The number of carbonyl (C=O) groups excluding carboxylic acids is 1. The summed E-state index contributed by atoms with van der Waals surface area (Å²) in [6.45, 7) is 4.97. The van der Waals surface area contributed by atoms with Gasteiger partial charge >= 0.3 is 0 Å². The number of H-pyrrole nitrogens is 1. The summed E-state index contributed by atoms with van der Waals surface area (Å²) in [5.74, 6) is 0.902. The molecule has 8 heteroatoms. The Balaban J connectivity index is 1.08. The van der Waals surface area contributed by atoms with Gasteiger partial charge in [-0.15, -0.1) is 0 Å². The van der Waals surface area contributed by atoms with Crippen LogP contribution in [-0.4, -0.2) is 43.7 Å². The van der Waals surface area contributed by atoms with Crippen LogP contribution in [0.2, 0.25) is 0 Å². The minimum absolute atomic E-state index is 0.0457. The van der Waals surface area contributed by atoms with Crippen molar-refractivity contribution >= 4 is 11.7 Å². The summed E-state index contributed by atoms with van der Waals surface area (Å²) in [6.07, 6.45) is 10.00. The van der Waals surface area contributed by atoms with Gasteiger partial charge in [0.05, 0.1) is 24.6 Å². The van der Waals surface area contributed by atoms with Gasteiger partial charge < -0.3 is 14.8 Å². The van der Waals surface area contributed by atoms with E-state index in [4.69, 9.17) is 0 Å². The number of aryl methyl sites for hydroxylation is 1. The van der Waals surface area contributed by atoms with Gasteiger partial charge in [0, 0.05) is 36.6 Å². The number of anilines is 1. The molecule has 2 aliphatic carbocycles. The maximum absolute atomic E-state index is 12.7. The number of hydrogen-bond donors (Lipinski definition) is 2. The van der Waals surface area contributed by atoms with Gasteiger partial charge in [0.2, 0.25) is 0 Å². The van der Waals surface area contributed by atoms with E-state index in [1.54, 1.807) is 12.5 Å². The van der Waals surface area contributed by atoms with Gasteiger partial charge in [-0.3, -0.25) is 9.89 Å². The predicted octanol–water partition coefficient (Wildman–Crippen LogP) is 2.38. The molecule has 3 aromatic heterocycles. The topological polar surface area (TPSA) is 91.7 Å². The smallest absolute Gasteiger partial charge is 0.272 e. The SMILES string of the molecule is Cc1[nH]nc2c1CCC2NC(=O)c1cn(Cc2ccc(N3CC4(CC4)C3)nc2)cn1. The van der Waals surface area contributed by atoms with Gasteiger partial charge in [-0.25, -0.2) is 9.97 Å². The number of nitrogens with one attached hydrogen (secondary N) is 2. The van der Waals surface area contributed by atoms with E-state index in [1.165, 1.54) is 18.4 Å². The van der Waals surface area contributed by atoms with Crippen LogP contribution in [0.15, 0.2) is 30.9 Å². The Bertz CT molecular complexity index is 1100. The van der Waals surface area contributed by atoms with E-state index in [-0.39, 0.29) is 11.9 Å². The van der Waals surface area contributed by atoms with Crippen molar-refractivity contribution in [3.63, 3.8) is 0 Å². The van der Waals surface area contributed by atoms with Crippen molar-refractivity contribution in [1.82, 2.24) is 30.0 Å². The lowest BCUT2D eigenvalue weighted by Gasteiger charge is -2.40. The van der Waals surface area contributed by atoms with Crippen LogP contribution in [0.4, 0.5) is 5.82 Å². The Kier molecular flexibility index (Phi) is 3.78. The van der Waals surface area contributed by atoms with Crippen molar-refractivity contribution in [1.29, 1.82) is 0 Å². The number of carbonyl (C=O) groups is 1. The molecule has 0 aromatic carbocycles. The van der Waals surface area contributed by atoms with Gasteiger partial charge in [-0.1, -0.05) is 6.07 Å². The molecule has 2 fully saturated rings. The fourth-order valence-electron chi connectivity index (χ4n) is 4.76. The van der Waals surface area contributed by atoms with E-state index in [0.717, 1.165) is 48.7 Å². The number of aromatic amines is 1. The highest BCUT2D eigenvalue weighted by atomic mass is 16.2. The minimum atomic E-state index is -0.160. The summed E-state index contributed by atoms with van der Waals surface area (Å²) in [6, 6.07) is 4.16. The highest BCUT2D eigenvalue weighted by Crippen LogP contribution is 2.53. The maximum atomic E-state index is 12.7. The van der Waals surface area contributed by atoms with Crippen LogP contribution in [0.3, 0.4) is 0 Å². The zero-order valence-corrected chi connectivity index (χ0v) is 17.1. The molecule has 3 aliphatic rings. The second-order valence-corrected chi connectivity index (χ2v) is 9.09. The molecule has 1 saturated carbocycles. The third kappa shape index (κ3) is 2.98. The minimum Gasteiger partial charge on any atom is -0.355 e. The summed E-state index contributed by atoms with van der Waals surface area (Å²) in [5, 5.41) is 10.4. The summed E-state index contributed by atoms with van der Waals surface area (Å²) >= 11 is 0. The van der Waals surface area contributed by atoms with Crippen molar-refractivity contribution in [2.75, 3.05) is 18.0 Å². The Hall–Kier alpha value is -3.16. The fourth-order valence-corrected chi connectivity index (χ4v) is 4.76. The number of hydrogen-bond acceptors (Lipinski definition) is 5. The highest BCUT2D eigenvalue weighted by Gasteiger charge is 2.52. The summed E-state index contributed by atoms with van der Waals surface area (Å²) < 4.78 is 1.92. The number of rotatable bonds is 5. The van der Waals surface area contributed by atoms with E-state index in [1.807, 2.05) is 17.7 Å². The number of imidazole rings is 1. The van der Waals surface area contributed by atoms with Crippen molar-refractivity contribution in [2.45, 2.75) is 45.2 Å². The molecule has 30 heavy (non-hydrogen) atoms. The molecular formula is C22H25N7O. The summed E-state index contributed by atoms with van der Waals surface area (Å²) in [4.78, 5) is 23.9. The zero-order chi connectivity index (χ0) is 20.3. The average molecular weight is 403 g/mol. The zero-order valence-electron chi connectivity index (χ0n) is 17.1. The van der Waals surface area contributed by atoms with Gasteiger partial charge in [0.25, 0.3) is 5.91 Å². The predicted molar refractivity (Wildman–Crippen MR) is 111 cm³/mol. The van der Waals surface area contributed by atoms with Crippen molar-refractivity contribution in [2.24, 2.45) is 5.41 Å². The van der Waals surface area contributed by atoms with Crippen LogP contribution in [-0.2, 0) is 13.0 Å². The lowest BCUT2D eigenvalue weighted by molar-refractivity contribution is 0.0931. The molecule has 0 bridgehead atoms. The first-order chi connectivity index (χ1) is 14.6.